The lowest BCUT2D eigenvalue weighted by atomic mass is 10.1. The third kappa shape index (κ3) is 4.83. The highest BCUT2D eigenvalue weighted by Crippen LogP contribution is 2.29. The number of hydrogen-bond donors (Lipinski definition) is 0. The molecule has 0 spiro atoms. The van der Waals surface area contributed by atoms with Gasteiger partial charge in [0.25, 0.3) is 0 Å². The maximum absolute atomic E-state index is 13.1. The number of thiazole rings is 1. The Kier molecular flexibility index (Phi) is 6.36. The molecule has 0 fully saturated rings. The van der Waals surface area contributed by atoms with Crippen LogP contribution in [0.5, 0.6) is 5.75 Å². The van der Waals surface area contributed by atoms with Crippen molar-refractivity contribution in [2.45, 2.75) is 24.4 Å². The van der Waals surface area contributed by atoms with Crippen LogP contribution in [0.25, 0.3) is 10.6 Å². The van der Waals surface area contributed by atoms with Gasteiger partial charge in [0.05, 0.1) is 10.7 Å². The molecule has 2 aromatic heterocycles. The van der Waals surface area contributed by atoms with E-state index in [9.17, 15) is 4.39 Å². The summed E-state index contributed by atoms with van der Waals surface area (Å²) in [6.45, 7) is 2.26. The van der Waals surface area contributed by atoms with E-state index in [2.05, 4.69) is 40.7 Å². The first-order chi connectivity index (χ1) is 14.5. The highest BCUT2D eigenvalue weighted by atomic mass is 35.5. The Morgan fingerprint density at radius 2 is 2.07 bits per heavy atom. The lowest BCUT2D eigenvalue weighted by molar-refractivity contribution is 0.290. The van der Waals surface area contributed by atoms with Gasteiger partial charge < -0.3 is 9.30 Å². The fourth-order valence-corrected chi connectivity index (χ4v) is 4.72. The van der Waals surface area contributed by atoms with E-state index in [1.165, 1.54) is 23.8 Å². The van der Waals surface area contributed by atoms with Gasteiger partial charge in [-0.25, -0.2) is 9.37 Å². The molecule has 9 heteroatoms. The topological polar surface area (TPSA) is 52.8 Å². The van der Waals surface area contributed by atoms with E-state index in [0.717, 1.165) is 21.4 Å². The van der Waals surface area contributed by atoms with E-state index in [0.29, 0.717) is 17.3 Å². The van der Waals surface area contributed by atoms with Crippen molar-refractivity contribution in [3.63, 3.8) is 0 Å². The van der Waals surface area contributed by atoms with Crippen molar-refractivity contribution in [3.05, 3.63) is 75.8 Å². The van der Waals surface area contributed by atoms with Crippen molar-refractivity contribution in [2.24, 2.45) is 7.05 Å². The third-order valence-corrected chi connectivity index (χ3v) is 6.63. The minimum absolute atomic E-state index is 0.184. The van der Waals surface area contributed by atoms with Crippen LogP contribution in [0.4, 0.5) is 4.39 Å². The van der Waals surface area contributed by atoms with E-state index >= 15 is 0 Å². The smallest absolute Gasteiger partial charge is 0.191 e. The lowest BCUT2D eigenvalue weighted by Gasteiger charge is -2.08. The van der Waals surface area contributed by atoms with Gasteiger partial charge in [-0.2, -0.15) is 0 Å². The van der Waals surface area contributed by atoms with Gasteiger partial charge >= 0.3 is 0 Å². The summed E-state index contributed by atoms with van der Waals surface area (Å²) < 4.78 is 20.7. The zero-order valence-corrected chi connectivity index (χ0v) is 18.7. The molecule has 4 aromatic rings. The standard InChI is InChI=1S/C21H18ClFN4OS2/c1-13-4-3-5-14(8-13)20-24-16(11-29-20)12-30-21-26-25-19(27(21)2)10-28-18-7-6-15(23)9-17(18)22/h3-9,11H,10,12H2,1-2H3. The summed E-state index contributed by atoms with van der Waals surface area (Å²) in [5, 5.41) is 12.5. The molecule has 0 aliphatic carbocycles. The minimum atomic E-state index is -0.405. The van der Waals surface area contributed by atoms with Crippen LogP contribution in [0.1, 0.15) is 17.1 Å². The normalized spacial score (nSPS) is 11.1. The van der Waals surface area contributed by atoms with Crippen molar-refractivity contribution in [2.75, 3.05) is 0 Å². The number of nitrogens with zero attached hydrogens (tertiary/aromatic N) is 4. The Labute approximate surface area is 186 Å². The second kappa shape index (κ2) is 9.16. The number of halogens is 2. The zero-order chi connectivity index (χ0) is 21.1. The van der Waals surface area contributed by atoms with Crippen LogP contribution in [-0.2, 0) is 19.4 Å². The van der Waals surface area contributed by atoms with Crippen molar-refractivity contribution in [1.29, 1.82) is 0 Å². The molecular formula is C21H18ClFN4OS2. The zero-order valence-electron chi connectivity index (χ0n) is 16.3. The molecule has 0 aliphatic rings. The van der Waals surface area contributed by atoms with E-state index in [-0.39, 0.29) is 11.6 Å². The van der Waals surface area contributed by atoms with Crippen LogP contribution < -0.4 is 4.74 Å². The molecule has 30 heavy (non-hydrogen) atoms. The lowest BCUT2D eigenvalue weighted by Crippen LogP contribution is -2.04. The molecule has 4 rings (SSSR count). The maximum Gasteiger partial charge on any atom is 0.191 e. The Morgan fingerprint density at radius 1 is 1.20 bits per heavy atom. The number of ether oxygens (including phenoxy) is 1. The van der Waals surface area contributed by atoms with Gasteiger partial charge in [-0.3, -0.25) is 0 Å². The van der Waals surface area contributed by atoms with E-state index in [1.54, 1.807) is 23.1 Å². The molecular weight excluding hydrogens is 443 g/mol. The number of thioether (sulfide) groups is 1. The fraction of sp³-hybridized carbons (Fsp3) is 0.190. The highest BCUT2D eigenvalue weighted by Gasteiger charge is 2.13. The van der Waals surface area contributed by atoms with Crippen LogP contribution in [-0.4, -0.2) is 19.7 Å². The molecule has 2 heterocycles. The monoisotopic (exact) mass is 460 g/mol. The molecule has 2 aromatic carbocycles. The summed E-state index contributed by atoms with van der Waals surface area (Å²) in [4.78, 5) is 4.74. The number of aromatic nitrogens is 4. The summed E-state index contributed by atoms with van der Waals surface area (Å²) >= 11 is 9.19. The molecule has 0 N–H and O–H groups in total. The molecule has 0 saturated carbocycles. The first kappa shape index (κ1) is 20.8. The van der Waals surface area contributed by atoms with Gasteiger partial charge in [0.2, 0.25) is 0 Å². The SMILES string of the molecule is Cc1cccc(-c2nc(CSc3nnc(COc4ccc(F)cc4Cl)n3C)cs2)c1. The van der Waals surface area contributed by atoms with Gasteiger partial charge in [0.15, 0.2) is 11.0 Å². The first-order valence-electron chi connectivity index (χ1n) is 9.10. The van der Waals surface area contributed by atoms with E-state index in [4.69, 9.17) is 21.3 Å². The molecule has 0 saturated heterocycles. The Hall–Kier alpha value is -2.42. The first-order valence-corrected chi connectivity index (χ1v) is 11.3. The summed E-state index contributed by atoms with van der Waals surface area (Å²) in [5.41, 5.74) is 3.35. The van der Waals surface area contributed by atoms with Crippen molar-refractivity contribution >= 4 is 34.7 Å². The maximum atomic E-state index is 13.1. The minimum Gasteiger partial charge on any atom is -0.484 e. The number of aryl methyl sites for hydroxylation is 1. The fourth-order valence-electron chi connectivity index (χ4n) is 2.75. The van der Waals surface area contributed by atoms with Gasteiger partial charge in [0, 0.05) is 23.7 Å². The average Bonchev–Trinajstić information content (AvgIpc) is 3.33. The van der Waals surface area contributed by atoms with Crippen LogP contribution in [0, 0.1) is 12.7 Å². The molecule has 0 radical (unpaired) electrons. The second-order valence-electron chi connectivity index (χ2n) is 6.62. The second-order valence-corrected chi connectivity index (χ2v) is 8.83. The molecule has 154 valence electrons. The summed E-state index contributed by atoms with van der Waals surface area (Å²) in [7, 11) is 1.88. The van der Waals surface area contributed by atoms with Crippen LogP contribution in [0.3, 0.4) is 0 Å². The van der Waals surface area contributed by atoms with Gasteiger partial charge in [-0.05, 0) is 31.2 Å². The quantitative estimate of drug-likeness (QED) is 0.321. The molecule has 0 bridgehead atoms. The Balaban J connectivity index is 1.37. The number of rotatable bonds is 7. The molecule has 0 aliphatic heterocycles. The largest absolute Gasteiger partial charge is 0.484 e. The van der Waals surface area contributed by atoms with Crippen LogP contribution >= 0.6 is 34.7 Å². The van der Waals surface area contributed by atoms with Gasteiger partial charge in [-0.1, -0.05) is 47.1 Å². The summed E-state index contributed by atoms with van der Waals surface area (Å²) in [5.74, 6) is 1.34. The van der Waals surface area contributed by atoms with Crippen molar-refractivity contribution in [3.8, 4) is 16.3 Å². The number of hydrogen-bond acceptors (Lipinski definition) is 6. The van der Waals surface area contributed by atoms with Crippen molar-refractivity contribution in [1.82, 2.24) is 19.7 Å². The predicted molar refractivity (Wildman–Crippen MR) is 119 cm³/mol. The third-order valence-electron chi connectivity index (χ3n) is 4.34. The molecule has 0 unspecified atom stereocenters. The van der Waals surface area contributed by atoms with Crippen molar-refractivity contribution < 1.29 is 9.13 Å². The molecule has 5 nitrogen and oxygen atoms in total. The Morgan fingerprint density at radius 3 is 2.87 bits per heavy atom. The molecule has 0 atom stereocenters. The van der Waals surface area contributed by atoms with Crippen LogP contribution in [0.2, 0.25) is 5.02 Å². The average molecular weight is 461 g/mol. The summed E-state index contributed by atoms with van der Waals surface area (Å²) in [6.07, 6.45) is 0. The highest BCUT2D eigenvalue weighted by molar-refractivity contribution is 7.98. The molecule has 0 amide bonds. The van der Waals surface area contributed by atoms with Gasteiger partial charge in [-0.15, -0.1) is 21.5 Å². The van der Waals surface area contributed by atoms with E-state index in [1.807, 2.05) is 17.7 Å². The number of benzene rings is 2. The predicted octanol–water partition coefficient (Wildman–Crippen LogP) is 5.91. The Bertz CT molecular complexity index is 1180. The van der Waals surface area contributed by atoms with E-state index < -0.39 is 5.82 Å². The summed E-state index contributed by atoms with van der Waals surface area (Å²) in [6, 6.07) is 12.3. The van der Waals surface area contributed by atoms with Gasteiger partial charge in [0.1, 0.15) is 23.2 Å². The van der Waals surface area contributed by atoms with Crippen LogP contribution in [0.15, 0.2) is 53.0 Å².